The minimum Gasteiger partial charge on any atom is -0.382 e. The number of anilines is 1. The Morgan fingerprint density at radius 2 is 1.93 bits per heavy atom. The van der Waals surface area contributed by atoms with Crippen LogP contribution >= 0.6 is 11.6 Å². The smallest absolute Gasteiger partial charge is 0.149 e. The van der Waals surface area contributed by atoms with Crippen molar-refractivity contribution >= 4 is 17.4 Å². The zero-order valence-electron chi connectivity index (χ0n) is 7.31. The highest BCUT2D eigenvalue weighted by atomic mass is 35.5. The lowest BCUT2D eigenvalue weighted by Gasteiger charge is -2.02. The summed E-state index contributed by atoms with van der Waals surface area (Å²) in [6.07, 6.45) is 3.16. The van der Waals surface area contributed by atoms with Crippen LogP contribution in [0.1, 0.15) is 0 Å². The van der Waals surface area contributed by atoms with Gasteiger partial charge < -0.3 is 5.73 Å². The van der Waals surface area contributed by atoms with E-state index in [9.17, 15) is 0 Å². The number of nitrogens with zero attached hydrogens (tertiary/aromatic N) is 2. The fourth-order valence-corrected chi connectivity index (χ4v) is 1.40. The van der Waals surface area contributed by atoms with Crippen LogP contribution in [0.3, 0.4) is 0 Å². The predicted octanol–water partition coefficient (Wildman–Crippen LogP) is 2.38. The summed E-state index contributed by atoms with van der Waals surface area (Å²) in [5.41, 5.74) is 7.23. The van der Waals surface area contributed by atoms with Gasteiger partial charge in [0.1, 0.15) is 11.5 Å². The Balaban J connectivity index is 2.55. The number of nitrogens with two attached hydrogens (primary N) is 1. The van der Waals surface area contributed by atoms with Gasteiger partial charge in [0.25, 0.3) is 0 Å². The van der Waals surface area contributed by atoms with Gasteiger partial charge in [0.05, 0.1) is 0 Å². The summed E-state index contributed by atoms with van der Waals surface area (Å²) < 4.78 is 0. The summed E-state index contributed by atoms with van der Waals surface area (Å²) >= 11 is 5.86. The third kappa shape index (κ3) is 1.67. The molecule has 0 bridgehead atoms. The van der Waals surface area contributed by atoms with Crippen LogP contribution in [0.15, 0.2) is 36.7 Å². The van der Waals surface area contributed by atoms with Crippen molar-refractivity contribution in [3.05, 3.63) is 41.7 Å². The van der Waals surface area contributed by atoms with Crippen molar-refractivity contribution in [1.29, 1.82) is 0 Å². The number of nitrogen functional groups attached to an aromatic ring is 1. The lowest BCUT2D eigenvalue weighted by molar-refractivity contribution is 1.22. The molecule has 0 aliphatic rings. The molecule has 0 saturated carbocycles. The van der Waals surface area contributed by atoms with Gasteiger partial charge in [-0.15, -0.1) is 0 Å². The second-order valence-corrected chi connectivity index (χ2v) is 3.24. The number of aromatic nitrogens is 2. The Kier molecular flexibility index (Phi) is 2.33. The van der Waals surface area contributed by atoms with Crippen molar-refractivity contribution in [1.82, 2.24) is 9.97 Å². The lowest BCUT2D eigenvalue weighted by Crippen LogP contribution is -1.95. The highest BCUT2D eigenvalue weighted by Crippen LogP contribution is 2.23. The maximum Gasteiger partial charge on any atom is 0.149 e. The van der Waals surface area contributed by atoms with E-state index in [1.807, 2.05) is 18.2 Å². The molecule has 0 spiro atoms. The molecule has 1 aromatic carbocycles. The molecule has 0 unspecified atom stereocenters. The van der Waals surface area contributed by atoms with Crippen LogP contribution in [-0.2, 0) is 0 Å². The molecule has 1 heterocycles. The molecule has 0 radical (unpaired) electrons. The summed E-state index contributed by atoms with van der Waals surface area (Å²) in [5, 5.41) is 0.660. The van der Waals surface area contributed by atoms with Gasteiger partial charge in [-0.3, -0.25) is 4.98 Å². The van der Waals surface area contributed by atoms with E-state index in [4.69, 9.17) is 17.3 Å². The molecule has 0 fully saturated rings. The molecule has 0 amide bonds. The summed E-state index contributed by atoms with van der Waals surface area (Å²) in [4.78, 5) is 8.10. The van der Waals surface area contributed by atoms with Crippen molar-refractivity contribution < 1.29 is 0 Å². The van der Waals surface area contributed by atoms with Crippen molar-refractivity contribution in [3.8, 4) is 11.3 Å². The molecule has 0 saturated heterocycles. The Bertz CT molecular complexity index is 457. The first kappa shape index (κ1) is 8.97. The molecular formula is C10H8ClN3. The highest BCUT2D eigenvalue weighted by Gasteiger charge is 2.03. The van der Waals surface area contributed by atoms with Gasteiger partial charge in [0.15, 0.2) is 0 Å². The van der Waals surface area contributed by atoms with Crippen LogP contribution < -0.4 is 5.73 Å². The fourth-order valence-electron chi connectivity index (χ4n) is 1.21. The van der Waals surface area contributed by atoms with Crippen LogP contribution in [0.5, 0.6) is 0 Å². The maximum atomic E-state index is 5.86. The first-order valence-electron chi connectivity index (χ1n) is 4.10. The number of hydrogen-bond acceptors (Lipinski definition) is 3. The largest absolute Gasteiger partial charge is 0.382 e. The molecule has 0 atom stereocenters. The first-order valence-corrected chi connectivity index (χ1v) is 4.47. The summed E-state index contributed by atoms with van der Waals surface area (Å²) in [5.74, 6) is 0.412. The molecule has 2 N–H and O–H groups in total. The van der Waals surface area contributed by atoms with E-state index in [1.165, 1.54) is 0 Å². The molecule has 14 heavy (non-hydrogen) atoms. The van der Waals surface area contributed by atoms with E-state index in [0.717, 1.165) is 5.56 Å². The van der Waals surface area contributed by atoms with Crippen molar-refractivity contribution in [3.63, 3.8) is 0 Å². The highest BCUT2D eigenvalue weighted by molar-refractivity contribution is 6.30. The van der Waals surface area contributed by atoms with Crippen LogP contribution in [0.4, 0.5) is 5.82 Å². The molecule has 0 aliphatic carbocycles. The maximum absolute atomic E-state index is 5.86. The normalized spacial score (nSPS) is 10.1. The third-order valence-electron chi connectivity index (χ3n) is 1.82. The van der Waals surface area contributed by atoms with E-state index in [1.54, 1.807) is 18.5 Å². The Morgan fingerprint density at radius 3 is 2.64 bits per heavy atom. The van der Waals surface area contributed by atoms with E-state index < -0.39 is 0 Å². The van der Waals surface area contributed by atoms with Gasteiger partial charge in [0.2, 0.25) is 0 Å². The number of benzene rings is 1. The van der Waals surface area contributed by atoms with Gasteiger partial charge in [-0.1, -0.05) is 23.7 Å². The summed E-state index contributed by atoms with van der Waals surface area (Å²) in [6.45, 7) is 0. The molecule has 3 nitrogen and oxygen atoms in total. The average molecular weight is 206 g/mol. The molecule has 0 aliphatic heterocycles. The van der Waals surface area contributed by atoms with E-state index in [2.05, 4.69) is 9.97 Å². The molecule has 2 aromatic rings. The fraction of sp³-hybridized carbons (Fsp3) is 0. The van der Waals surface area contributed by atoms with E-state index >= 15 is 0 Å². The average Bonchev–Trinajstić information content (AvgIpc) is 2.18. The molecule has 70 valence electrons. The SMILES string of the molecule is Nc1nccnc1-c1cccc(Cl)c1. The van der Waals surface area contributed by atoms with Crippen LogP contribution in [0.25, 0.3) is 11.3 Å². The second-order valence-electron chi connectivity index (χ2n) is 2.80. The zero-order chi connectivity index (χ0) is 9.97. The monoisotopic (exact) mass is 205 g/mol. The van der Waals surface area contributed by atoms with Gasteiger partial charge in [-0.05, 0) is 12.1 Å². The molecular weight excluding hydrogens is 198 g/mol. The van der Waals surface area contributed by atoms with Crippen LogP contribution in [-0.4, -0.2) is 9.97 Å². The van der Waals surface area contributed by atoms with Crippen LogP contribution in [0.2, 0.25) is 5.02 Å². The minimum absolute atomic E-state index is 0.412. The number of rotatable bonds is 1. The lowest BCUT2D eigenvalue weighted by atomic mass is 10.1. The zero-order valence-corrected chi connectivity index (χ0v) is 8.07. The van der Waals surface area contributed by atoms with E-state index in [-0.39, 0.29) is 0 Å². The first-order chi connectivity index (χ1) is 6.77. The number of halogens is 1. The molecule has 1 aromatic heterocycles. The number of hydrogen-bond donors (Lipinski definition) is 1. The van der Waals surface area contributed by atoms with Crippen molar-refractivity contribution in [2.75, 3.05) is 5.73 Å². The van der Waals surface area contributed by atoms with E-state index in [0.29, 0.717) is 16.5 Å². The summed E-state index contributed by atoms with van der Waals surface area (Å²) in [6, 6.07) is 7.36. The molecule has 2 rings (SSSR count). The van der Waals surface area contributed by atoms with Gasteiger partial charge in [0, 0.05) is 23.0 Å². The van der Waals surface area contributed by atoms with Gasteiger partial charge >= 0.3 is 0 Å². The minimum atomic E-state index is 0.412. The Morgan fingerprint density at radius 1 is 1.14 bits per heavy atom. The van der Waals surface area contributed by atoms with Gasteiger partial charge in [-0.25, -0.2) is 4.98 Å². The van der Waals surface area contributed by atoms with Crippen LogP contribution in [0, 0.1) is 0 Å². The van der Waals surface area contributed by atoms with Crippen molar-refractivity contribution in [2.24, 2.45) is 0 Å². The third-order valence-corrected chi connectivity index (χ3v) is 2.06. The Hall–Kier alpha value is -1.61. The standard InChI is InChI=1S/C10H8ClN3/c11-8-3-1-2-7(6-8)9-10(12)14-5-4-13-9/h1-6H,(H2,12,14). The van der Waals surface area contributed by atoms with Gasteiger partial charge in [-0.2, -0.15) is 0 Å². The second kappa shape index (κ2) is 3.64. The predicted molar refractivity (Wildman–Crippen MR) is 56.9 cm³/mol. The Labute approximate surface area is 86.6 Å². The topological polar surface area (TPSA) is 51.8 Å². The summed E-state index contributed by atoms with van der Waals surface area (Å²) in [7, 11) is 0. The quantitative estimate of drug-likeness (QED) is 0.778. The molecule has 4 heteroatoms. The van der Waals surface area contributed by atoms with Crippen molar-refractivity contribution in [2.45, 2.75) is 0 Å².